The third-order valence-electron chi connectivity index (χ3n) is 6.85. The molecule has 23 heavy (non-hydrogen) atoms. The smallest absolute Gasteiger partial charge is 0.161 e. The molecule has 0 N–H and O–H groups in total. The molecule has 0 saturated carbocycles. The highest BCUT2D eigenvalue weighted by molar-refractivity contribution is 5.14. The molecule has 1 spiro atoms. The molecule has 3 aliphatic rings. The minimum atomic E-state index is -0.0265. The molecular formula is C21H34O2. The Hall–Kier alpha value is -0.600. The summed E-state index contributed by atoms with van der Waals surface area (Å²) in [6.07, 6.45) is 7.18. The molecule has 130 valence electrons. The van der Waals surface area contributed by atoms with E-state index < -0.39 is 0 Å². The topological polar surface area (TPSA) is 18.5 Å². The first kappa shape index (κ1) is 17.2. The maximum absolute atomic E-state index is 6.38. The van der Waals surface area contributed by atoms with Gasteiger partial charge in [0.2, 0.25) is 0 Å². The van der Waals surface area contributed by atoms with Crippen LogP contribution in [0.15, 0.2) is 23.3 Å². The van der Waals surface area contributed by atoms with Crippen LogP contribution >= 0.6 is 0 Å². The van der Waals surface area contributed by atoms with Crippen molar-refractivity contribution in [2.45, 2.75) is 60.7 Å². The summed E-state index contributed by atoms with van der Waals surface area (Å²) in [5.74, 6) is 2.84. The molecule has 0 radical (unpaired) electrons. The van der Waals surface area contributed by atoms with E-state index in [1.54, 1.807) is 0 Å². The standard InChI is InChI=1S/C21H34O2/c1-13-7-15(3)19(16(4)8-13)20-22-11-21(12-23-20)17(5)9-14(2)10-18(21)6/h7,9,15-20H,8,10-12H2,1-6H3/t15-,16+,17+,18-,19-,20?,21?/m0/s1. The molecule has 5 atom stereocenters. The van der Waals surface area contributed by atoms with E-state index in [2.05, 4.69) is 53.7 Å². The van der Waals surface area contributed by atoms with E-state index in [0.717, 1.165) is 13.2 Å². The van der Waals surface area contributed by atoms with Gasteiger partial charge in [-0.1, -0.05) is 51.0 Å². The Balaban J connectivity index is 1.71. The molecule has 0 aromatic rings. The predicted octanol–water partition coefficient (Wildman–Crippen LogP) is 5.21. The molecule has 2 nitrogen and oxygen atoms in total. The predicted molar refractivity (Wildman–Crippen MR) is 95.0 cm³/mol. The second-order valence-corrected chi connectivity index (χ2v) is 8.76. The van der Waals surface area contributed by atoms with Gasteiger partial charge in [-0.05, 0) is 50.4 Å². The van der Waals surface area contributed by atoms with Gasteiger partial charge in [0.1, 0.15) is 0 Å². The minimum absolute atomic E-state index is 0.0265. The molecule has 1 heterocycles. The highest BCUT2D eigenvalue weighted by atomic mass is 16.7. The van der Waals surface area contributed by atoms with Crippen LogP contribution in [0.2, 0.25) is 0 Å². The molecule has 0 unspecified atom stereocenters. The lowest BCUT2D eigenvalue weighted by Crippen LogP contribution is -2.53. The first-order chi connectivity index (χ1) is 10.8. The fourth-order valence-electron chi connectivity index (χ4n) is 5.44. The summed E-state index contributed by atoms with van der Waals surface area (Å²) < 4.78 is 12.8. The summed E-state index contributed by atoms with van der Waals surface area (Å²) in [5.41, 5.74) is 3.21. The van der Waals surface area contributed by atoms with E-state index >= 15 is 0 Å². The molecule has 2 heteroatoms. The van der Waals surface area contributed by atoms with Crippen molar-refractivity contribution in [3.63, 3.8) is 0 Å². The van der Waals surface area contributed by atoms with Gasteiger partial charge >= 0.3 is 0 Å². The van der Waals surface area contributed by atoms with Gasteiger partial charge < -0.3 is 9.47 Å². The Morgan fingerprint density at radius 2 is 1.52 bits per heavy atom. The normalized spacial score (nSPS) is 48.1. The Labute approximate surface area is 142 Å². The summed E-state index contributed by atoms with van der Waals surface area (Å²) in [6, 6.07) is 0. The number of allylic oxidation sites excluding steroid dienone is 4. The minimum Gasteiger partial charge on any atom is -0.352 e. The van der Waals surface area contributed by atoms with Crippen LogP contribution in [-0.2, 0) is 9.47 Å². The van der Waals surface area contributed by atoms with Crippen molar-refractivity contribution in [2.24, 2.45) is 35.0 Å². The molecule has 1 saturated heterocycles. The van der Waals surface area contributed by atoms with E-state index in [9.17, 15) is 0 Å². The fraction of sp³-hybridized carbons (Fsp3) is 0.810. The van der Waals surface area contributed by atoms with Crippen LogP contribution in [-0.4, -0.2) is 19.5 Å². The van der Waals surface area contributed by atoms with Gasteiger partial charge in [0.15, 0.2) is 6.29 Å². The summed E-state index contributed by atoms with van der Waals surface area (Å²) in [7, 11) is 0. The van der Waals surface area contributed by atoms with Crippen molar-refractivity contribution in [3.05, 3.63) is 23.3 Å². The highest BCUT2D eigenvalue weighted by Crippen LogP contribution is 2.48. The quantitative estimate of drug-likeness (QED) is 0.618. The van der Waals surface area contributed by atoms with Crippen LogP contribution in [0.4, 0.5) is 0 Å². The Morgan fingerprint density at radius 1 is 0.913 bits per heavy atom. The molecule has 3 rings (SSSR count). The zero-order valence-electron chi connectivity index (χ0n) is 15.8. The van der Waals surface area contributed by atoms with E-state index in [1.807, 2.05) is 0 Å². The van der Waals surface area contributed by atoms with Crippen LogP contribution in [0, 0.1) is 35.0 Å². The average molecular weight is 319 g/mol. The van der Waals surface area contributed by atoms with E-state index in [1.165, 1.54) is 24.0 Å². The zero-order chi connectivity index (χ0) is 16.8. The first-order valence-corrected chi connectivity index (χ1v) is 9.41. The van der Waals surface area contributed by atoms with Gasteiger partial charge in [0.05, 0.1) is 13.2 Å². The molecule has 0 amide bonds. The van der Waals surface area contributed by atoms with Gasteiger partial charge in [-0.3, -0.25) is 0 Å². The molecule has 0 aromatic carbocycles. The third kappa shape index (κ3) is 3.05. The largest absolute Gasteiger partial charge is 0.352 e. The maximum atomic E-state index is 6.38. The van der Waals surface area contributed by atoms with Crippen molar-refractivity contribution >= 4 is 0 Å². The van der Waals surface area contributed by atoms with E-state index in [0.29, 0.717) is 29.6 Å². The zero-order valence-corrected chi connectivity index (χ0v) is 15.8. The lowest BCUT2D eigenvalue weighted by Gasteiger charge is -2.51. The average Bonchev–Trinajstić information content (AvgIpc) is 2.45. The number of ether oxygens (including phenoxy) is 2. The fourth-order valence-corrected chi connectivity index (χ4v) is 5.44. The lowest BCUT2D eigenvalue weighted by atomic mass is 9.62. The maximum Gasteiger partial charge on any atom is 0.161 e. The van der Waals surface area contributed by atoms with Crippen molar-refractivity contribution in [1.82, 2.24) is 0 Å². The third-order valence-corrected chi connectivity index (χ3v) is 6.85. The monoisotopic (exact) mass is 318 g/mol. The molecular weight excluding hydrogens is 284 g/mol. The second kappa shape index (κ2) is 6.37. The SMILES string of the molecule is CC1=C[C@H](C)[C@H](C2OCC3(CO2)[C@H](C)C=C(C)C[C@@H]3C)[C@H](C)C1. The number of rotatable bonds is 1. The van der Waals surface area contributed by atoms with E-state index in [4.69, 9.17) is 9.47 Å². The van der Waals surface area contributed by atoms with Crippen LogP contribution in [0.5, 0.6) is 0 Å². The molecule has 1 aliphatic heterocycles. The summed E-state index contributed by atoms with van der Waals surface area (Å²) in [5, 5.41) is 0. The van der Waals surface area contributed by atoms with E-state index in [-0.39, 0.29) is 11.7 Å². The number of hydrogen-bond acceptors (Lipinski definition) is 2. The van der Waals surface area contributed by atoms with Crippen LogP contribution in [0.25, 0.3) is 0 Å². The van der Waals surface area contributed by atoms with Crippen molar-refractivity contribution in [1.29, 1.82) is 0 Å². The Kier molecular flexibility index (Phi) is 4.77. The van der Waals surface area contributed by atoms with Gasteiger partial charge in [0, 0.05) is 11.3 Å². The van der Waals surface area contributed by atoms with Crippen molar-refractivity contribution in [2.75, 3.05) is 13.2 Å². The summed E-state index contributed by atoms with van der Waals surface area (Å²) in [4.78, 5) is 0. The van der Waals surface area contributed by atoms with Crippen LogP contribution in [0.3, 0.4) is 0 Å². The lowest BCUT2D eigenvalue weighted by molar-refractivity contribution is -0.277. The second-order valence-electron chi connectivity index (χ2n) is 8.76. The molecule has 0 bridgehead atoms. The molecule has 0 aromatic heterocycles. The summed E-state index contributed by atoms with van der Waals surface area (Å²) >= 11 is 0. The van der Waals surface area contributed by atoms with Gasteiger partial charge in [-0.15, -0.1) is 0 Å². The first-order valence-electron chi connectivity index (χ1n) is 9.41. The number of hydrogen-bond donors (Lipinski definition) is 0. The van der Waals surface area contributed by atoms with Gasteiger partial charge in [-0.25, -0.2) is 0 Å². The Morgan fingerprint density at radius 3 is 2.09 bits per heavy atom. The molecule has 1 fully saturated rings. The van der Waals surface area contributed by atoms with Gasteiger partial charge in [0.25, 0.3) is 0 Å². The molecule has 2 aliphatic carbocycles. The van der Waals surface area contributed by atoms with Crippen molar-refractivity contribution < 1.29 is 9.47 Å². The Bertz CT molecular complexity index is 496. The van der Waals surface area contributed by atoms with Crippen LogP contribution in [0.1, 0.15) is 54.4 Å². The van der Waals surface area contributed by atoms with Crippen molar-refractivity contribution in [3.8, 4) is 0 Å². The van der Waals surface area contributed by atoms with Gasteiger partial charge in [-0.2, -0.15) is 0 Å². The summed E-state index contributed by atoms with van der Waals surface area (Å²) in [6.45, 7) is 15.6. The highest BCUT2D eigenvalue weighted by Gasteiger charge is 2.48. The van der Waals surface area contributed by atoms with Crippen LogP contribution < -0.4 is 0 Å².